The first-order valence-electron chi connectivity index (χ1n) is 12.1. The number of ketones is 1. The van der Waals surface area contributed by atoms with Crippen molar-refractivity contribution in [2.75, 3.05) is 18.0 Å². The molecule has 0 unspecified atom stereocenters. The number of hydrogen-bond acceptors (Lipinski definition) is 4. The van der Waals surface area contributed by atoms with Gasteiger partial charge in [0.2, 0.25) is 5.91 Å². The van der Waals surface area contributed by atoms with E-state index in [4.69, 9.17) is 0 Å². The standard InChI is InChI=1S/C25H35N3O2/c1-17(29)19-10-11-24(26-14-19)27-15-20-13-21(16-27)23(12-18-6-3-2-4-7-18)28-22(20)8-5-9-25(28)30/h10-11,14,18,20-23H,2-9,12-13,15-16H2,1H3/t20-,21+,22+,23+/m1/s1. The smallest absolute Gasteiger partial charge is 0.223 e. The molecule has 30 heavy (non-hydrogen) atoms. The molecule has 0 radical (unpaired) electrons. The van der Waals surface area contributed by atoms with Gasteiger partial charge in [-0.3, -0.25) is 9.59 Å². The van der Waals surface area contributed by atoms with Gasteiger partial charge in [0.05, 0.1) is 0 Å². The lowest BCUT2D eigenvalue weighted by molar-refractivity contribution is -0.149. The fraction of sp³-hybridized carbons (Fsp3) is 0.720. The number of piperidine rings is 3. The second kappa shape index (κ2) is 8.32. The number of carbonyl (C=O) groups is 2. The topological polar surface area (TPSA) is 53.5 Å². The maximum atomic E-state index is 13.0. The molecule has 3 saturated heterocycles. The molecule has 3 aliphatic heterocycles. The summed E-state index contributed by atoms with van der Waals surface area (Å²) in [6, 6.07) is 4.74. The molecule has 5 heteroatoms. The van der Waals surface area contributed by atoms with Crippen LogP contribution in [0.5, 0.6) is 0 Å². The third-order valence-corrected chi connectivity index (χ3v) is 8.27. The van der Waals surface area contributed by atoms with Gasteiger partial charge in [0, 0.05) is 43.4 Å². The van der Waals surface area contributed by atoms with E-state index in [0.717, 1.165) is 44.1 Å². The quantitative estimate of drug-likeness (QED) is 0.689. The molecule has 4 heterocycles. The molecule has 2 bridgehead atoms. The Bertz CT molecular complexity index is 786. The zero-order valence-corrected chi connectivity index (χ0v) is 18.3. The molecule has 0 aromatic carbocycles. The van der Waals surface area contributed by atoms with E-state index in [1.54, 1.807) is 13.1 Å². The zero-order valence-electron chi connectivity index (χ0n) is 18.3. The molecule has 1 amide bonds. The van der Waals surface area contributed by atoms with Gasteiger partial charge in [0.25, 0.3) is 0 Å². The monoisotopic (exact) mass is 409 g/mol. The number of hydrogen-bond donors (Lipinski definition) is 0. The number of anilines is 1. The first kappa shape index (κ1) is 20.0. The van der Waals surface area contributed by atoms with Crippen LogP contribution in [0.3, 0.4) is 0 Å². The summed E-state index contributed by atoms with van der Waals surface area (Å²) in [6.07, 6.45) is 13.9. The largest absolute Gasteiger partial charge is 0.356 e. The Balaban J connectivity index is 1.39. The number of amides is 1. The predicted molar refractivity (Wildman–Crippen MR) is 118 cm³/mol. The predicted octanol–water partition coefficient (Wildman–Crippen LogP) is 4.46. The van der Waals surface area contributed by atoms with E-state index >= 15 is 0 Å². The number of aromatic nitrogens is 1. The van der Waals surface area contributed by atoms with Crippen molar-refractivity contribution in [3.05, 3.63) is 23.9 Å². The van der Waals surface area contributed by atoms with Crippen molar-refractivity contribution in [3.63, 3.8) is 0 Å². The molecule has 1 aromatic rings. The van der Waals surface area contributed by atoms with Crippen LogP contribution in [0.1, 0.15) is 81.5 Å². The fourth-order valence-corrected chi connectivity index (χ4v) is 6.81. The maximum Gasteiger partial charge on any atom is 0.223 e. The van der Waals surface area contributed by atoms with E-state index in [0.29, 0.717) is 35.4 Å². The Morgan fingerprint density at radius 3 is 2.60 bits per heavy atom. The van der Waals surface area contributed by atoms with E-state index in [-0.39, 0.29) is 5.78 Å². The van der Waals surface area contributed by atoms with Gasteiger partial charge < -0.3 is 9.80 Å². The lowest BCUT2D eigenvalue weighted by atomic mass is 9.69. The fourth-order valence-electron chi connectivity index (χ4n) is 6.81. The summed E-state index contributed by atoms with van der Waals surface area (Å²) in [7, 11) is 0. The molecule has 0 spiro atoms. The molecule has 1 saturated carbocycles. The molecule has 5 nitrogen and oxygen atoms in total. The van der Waals surface area contributed by atoms with Crippen LogP contribution in [-0.4, -0.2) is 46.7 Å². The minimum Gasteiger partial charge on any atom is -0.356 e. The Labute approximate surface area is 180 Å². The van der Waals surface area contributed by atoms with Gasteiger partial charge in [-0.25, -0.2) is 4.98 Å². The summed E-state index contributed by atoms with van der Waals surface area (Å²) < 4.78 is 0. The summed E-state index contributed by atoms with van der Waals surface area (Å²) in [5, 5.41) is 0. The van der Waals surface area contributed by atoms with Crippen LogP contribution in [0.2, 0.25) is 0 Å². The number of rotatable bonds is 4. The van der Waals surface area contributed by atoms with Crippen molar-refractivity contribution in [1.82, 2.24) is 9.88 Å². The van der Waals surface area contributed by atoms with Crippen LogP contribution in [0.25, 0.3) is 0 Å². The highest BCUT2D eigenvalue weighted by molar-refractivity contribution is 5.93. The first-order chi connectivity index (χ1) is 14.6. The highest BCUT2D eigenvalue weighted by atomic mass is 16.2. The highest BCUT2D eigenvalue weighted by Gasteiger charge is 2.49. The van der Waals surface area contributed by atoms with Crippen LogP contribution in [0.4, 0.5) is 5.82 Å². The Morgan fingerprint density at radius 1 is 1.07 bits per heavy atom. The molecule has 1 aliphatic carbocycles. The lowest BCUT2D eigenvalue weighted by Gasteiger charge is -2.57. The van der Waals surface area contributed by atoms with E-state index in [9.17, 15) is 9.59 Å². The van der Waals surface area contributed by atoms with E-state index in [1.807, 2.05) is 12.1 Å². The second-order valence-corrected chi connectivity index (χ2v) is 10.2. The number of fused-ring (bicyclic) bond motifs is 4. The number of pyridine rings is 1. The molecule has 1 aromatic heterocycles. The minimum atomic E-state index is 0.0634. The van der Waals surface area contributed by atoms with Gasteiger partial charge in [-0.05, 0) is 62.5 Å². The third-order valence-electron chi connectivity index (χ3n) is 8.27. The summed E-state index contributed by atoms with van der Waals surface area (Å²) in [5.41, 5.74) is 0.676. The second-order valence-electron chi connectivity index (χ2n) is 10.2. The van der Waals surface area contributed by atoms with Crippen molar-refractivity contribution in [1.29, 1.82) is 0 Å². The first-order valence-corrected chi connectivity index (χ1v) is 12.1. The van der Waals surface area contributed by atoms with Crippen LogP contribution in [-0.2, 0) is 4.79 Å². The summed E-state index contributed by atoms with van der Waals surface area (Å²) in [6.45, 7) is 3.55. The Kier molecular flexibility index (Phi) is 5.55. The summed E-state index contributed by atoms with van der Waals surface area (Å²) in [5.74, 6) is 3.34. The number of Topliss-reactive ketones (excluding diaryl/α,β-unsaturated/α-hetero) is 1. The molecule has 4 fully saturated rings. The zero-order chi connectivity index (χ0) is 20.7. The van der Waals surface area contributed by atoms with Crippen molar-refractivity contribution in [2.45, 2.75) is 83.2 Å². The van der Waals surface area contributed by atoms with Crippen LogP contribution >= 0.6 is 0 Å². The molecule has 4 atom stereocenters. The Morgan fingerprint density at radius 2 is 1.87 bits per heavy atom. The van der Waals surface area contributed by atoms with Gasteiger partial charge >= 0.3 is 0 Å². The minimum absolute atomic E-state index is 0.0634. The average molecular weight is 410 g/mol. The van der Waals surface area contributed by atoms with E-state index in [2.05, 4.69) is 14.8 Å². The van der Waals surface area contributed by atoms with Crippen LogP contribution in [0.15, 0.2) is 18.3 Å². The van der Waals surface area contributed by atoms with Gasteiger partial charge in [-0.1, -0.05) is 32.1 Å². The van der Waals surface area contributed by atoms with Gasteiger partial charge in [-0.15, -0.1) is 0 Å². The molecule has 162 valence electrons. The molecular formula is C25H35N3O2. The van der Waals surface area contributed by atoms with Gasteiger partial charge in [0.15, 0.2) is 5.78 Å². The average Bonchev–Trinajstić information content (AvgIpc) is 2.77. The molecular weight excluding hydrogens is 374 g/mol. The number of nitrogens with zero attached hydrogens (tertiary/aromatic N) is 3. The lowest BCUT2D eigenvalue weighted by Crippen LogP contribution is -2.65. The highest BCUT2D eigenvalue weighted by Crippen LogP contribution is 2.45. The van der Waals surface area contributed by atoms with Crippen molar-refractivity contribution < 1.29 is 9.59 Å². The van der Waals surface area contributed by atoms with Crippen molar-refractivity contribution in [2.24, 2.45) is 17.8 Å². The third kappa shape index (κ3) is 3.76. The molecule has 5 rings (SSSR count). The van der Waals surface area contributed by atoms with Crippen molar-refractivity contribution >= 4 is 17.5 Å². The summed E-state index contributed by atoms with van der Waals surface area (Å²) >= 11 is 0. The normalized spacial score (nSPS) is 32.1. The van der Waals surface area contributed by atoms with Gasteiger partial charge in [0.1, 0.15) is 5.82 Å². The Hall–Kier alpha value is -1.91. The van der Waals surface area contributed by atoms with Crippen molar-refractivity contribution in [3.8, 4) is 0 Å². The van der Waals surface area contributed by atoms with E-state index in [1.165, 1.54) is 44.9 Å². The van der Waals surface area contributed by atoms with E-state index < -0.39 is 0 Å². The molecule has 0 N–H and O–H groups in total. The SMILES string of the molecule is CC(=O)c1ccc(N2C[C@H]3C[C@@H](C2)[C@H](CC2CCCCC2)N2C(=O)CCC[C@@H]32)nc1. The van der Waals surface area contributed by atoms with Gasteiger partial charge in [-0.2, -0.15) is 0 Å². The summed E-state index contributed by atoms with van der Waals surface area (Å²) in [4.78, 5) is 34.1. The molecule has 4 aliphatic rings. The number of carbonyl (C=O) groups excluding carboxylic acids is 2. The van der Waals surface area contributed by atoms with Crippen LogP contribution in [0, 0.1) is 17.8 Å². The maximum absolute atomic E-state index is 13.0. The van der Waals surface area contributed by atoms with Crippen LogP contribution < -0.4 is 4.90 Å².